The average molecular weight is 384 g/mol. The van der Waals surface area contributed by atoms with Gasteiger partial charge in [0.05, 0.1) is 12.2 Å². The van der Waals surface area contributed by atoms with Crippen molar-refractivity contribution in [2.75, 3.05) is 11.9 Å². The Labute approximate surface area is 162 Å². The lowest BCUT2D eigenvalue weighted by atomic mass is 9.75. The zero-order valence-corrected chi connectivity index (χ0v) is 16.6. The van der Waals surface area contributed by atoms with Crippen LogP contribution < -0.4 is 10.7 Å². The fourth-order valence-corrected chi connectivity index (χ4v) is 3.38. The van der Waals surface area contributed by atoms with Crippen LogP contribution in [0.4, 0.5) is 5.69 Å². The fraction of sp³-hybridized carbons (Fsp3) is 0.381. The van der Waals surface area contributed by atoms with Crippen LogP contribution in [0.3, 0.4) is 0 Å². The van der Waals surface area contributed by atoms with E-state index in [0.717, 1.165) is 29.0 Å². The normalized spacial score (nSPS) is 16.9. The molecule has 2 heterocycles. The minimum Gasteiger partial charge on any atom is -0.477 e. The number of H-pyrrole nitrogens is 1. The Kier molecular flexibility index (Phi) is 4.67. The summed E-state index contributed by atoms with van der Waals surface area (Å²) in [6, 6.07) is 4.96. The van der Waals surface area contributed by atoms with Crippen LogP contribution in [0.1, 0.15) is 65.2 Å². The summed E-state index contributed by atoms with van der Waals surface area (Å²) in [7, 11) is 0. The number of ether oxygens (including phenoxy) is 1. The summed E-state index contributed by atoms with van der Waals surface area (Å²) in [5.74, 6) is -1.85. The van der Waals surface area contributed by atoms with Crippen molar-refractivity contribution in [1.29, 1.82) is 0 Å². The fourth-order valence-electron chi connectivity index (χ4n) is 3.38. The second kappa shape index (κ2) is 6.60. The van der Waals surface area contributed by atoms with Gasteiger partial charge < -0.3 is 20.1 Å². The predicted octanol–water partition coefficient (Wildman–Crippen LogP) is 3.18. The Morgan fingerprint density at radius 1 is 1.14 bits per heavy atom. The van der Waals surface area contributed by atoms with Crippen molar-refractivity contribution in [3.05, 3.63) is 62.6 Å². The number of amides is 1. The standard InChI is InChI=1S/C21H24N2O5/c1-11-6-14-13(20(2,3)10-28-21(14,4)5)7-15(11)23-18(25)16-8-17(24)12(9-22-16)19(26)27/h6-9H,10H2,1-5H3,(H,22,24)(H,23,25)(H,26,27). The molecule has 0 saturated heterocycles. The highest BCUT2D eigenvalue weighted by molar-refractivity contribution is 6.03. The first-order valence-electron chi connectivity index (χ1n) is 8.99. The van der Waals surface area contributed by atoms with Crippen molar-refractivity contribution in [3.63, 3.8) is 0 Å². The summed E-state index contributed by atoms with van der Waals surface area (Å²) in [4.78, 5) is 38.0. The lowest BCUT2D eigenvalue weighted by molar-refractivity contribution is -0.0587. The van der Waals surface area contributed by atoms with Crippen molar-refractivity contribution in [3.8, 4) is 0 Å². The molecule has 1 aliphatic rings. The van der Waals surface area contributed by atoms with Gasteiger partial charge in [0.25, 0.3) is 5.91 Å². The number of fused-ring (bicyclic) bond motifs is 1. The number of rotatable bonds is 3. The molecular formula is C21H24N2O5. The topological polar surface area (TPSA) is 108 Å². The van der Waals surface area contributed by atoms with Crippen LogP contribution in [0, 0.1) is 6.92 Å². The number of hydrogen-bond donors (Lipinski definition) is 3. The van der Waals surface area contributed by atoms with Gasteiger partial charge in [-0.2, -0.15) is 0 Å². The van der Waals surface area contributed by atoms with Gasteiger partial charge in [0.2, 0.25) is 0 Å². The highest BCUT2D eigenvalue weighted by Gasteiger charge is 2.38. The summed E-state index contributed by atoms with van der Waals surface area (Å²) in [5.41, 5.74) is 1.91. The van der Waals surface area contributed by atoms with Gasteiger partial charge in [-0.3, -0.25) is 9.59 Å². The van der Waals surface area contributed by atoms with Crippen LogP contribution in [0.5, 0.6) is 0 Å². The Morgan fingerprint density at radius 3 is 2.43 bits per heavy atom. The number of anilines is 1. The molecule has 0 fully saturated rings. The number of aromatic carboxylic acids is 1. The first-order chi connectivity index (χ1) is 12.9. The second-order valence-corrected chi connectivity index (χ2v) is 8.28. The van der Waals surface area contributed by atoms with E-state index in [9.17, 15) is 14.4 Å². The molecule has 1 aromatic heterocycles. The molecule has 0 spiro atoms. The highest BCUT2D eigenvalue weighted by Crippen LogP contribution is 2.43. The van der Waals surface area contributed by atoms with E-state index in [1.807, 2.05) is 32.9 Å². The van der Waals surface area contributed by atoms with Gasteiger partial charge in [-0.15, -0.1) is 0 Å². The van der Waals surface area contributed by atoms with Crippen LogP contribution in [0.15, 0.2) is 29.2 Å². The Morgan fingerprint density at radius 2 is 1.82 bits per heavy atom. The lowest BCUT2D eigenvalue weighted by Crippen LogP contribution is -2.40. The number of pyridine rings is 1. The molecule has 1 amide bonds. The molecule has 0 unspecified atom stereocenters. The Bertz CT molecular complexity index is 1030. The molecule has 7 nitrogen and oxygen atoms in total. The molecule has 1 aromatic carbocycles. The molecule has 148 valence electrons. The largest absolute Gasteiger partial charge is 0.477 e. The van der Waals surface area contributed by atoms with E-state index in [2.05, 4.69) is 24.1 Å². The van der Waals surface area contributed by atoms with Crippen LogP contribution in [-0.2, 0) is 15.8 Å². The number of aryl methyl sites for hydroxylation is 1. The van der Waals surface area contributed by atoms with Gasteiger partial charge in [-0.1, -0.05) is 19.9 Å². The molecule has 0 atom stereocenters. The third kappa shape index (κ3) is 3.45. The molecule has 0 radical (unpaired) electrons. The molecule has 3 rings (SSSR count). The minimum atomic E-state index is -1.34. The third-order valence-corrected chi connectivity index (χ3v) is 5.17. The zero-order valence-electron chi connectivity index (χ0n) is 16.6. The smallest absolute Gasteiger partial charge is 0.341 e. The van der Waals surface area contributed by atoms with E-state index in [-0.39, 0.29) is 11.1 Å². The van der Waals surface area contributed by atoms with E-state index in [1.165, 1.54) is 0 Å². The van der Waals surface area contributed by atoms with E-state index in [4.69, 9.17) is 9.84 Å². The van der Waals surface area contributed by atoms with Gasteiger partial charge in [0, 0.05) is 23.4 Å². The van der Waals surface area contributed by atoms with Gasteiger partial charge in [0.1, 0.15) is 11.3 Å². The van der Waals surface area contributed by atoms with Gasteiger partial charge in [-0.05, 0) is 43.5 Å². The molecule has 2 aromatic rings. The van der Waals surface area contributed by atoms with Crippen LogP contribution >= 0.6 is 0 Å². The van der Waals surface area contributed by atoms with Crippen molar-refractivity contribution in [1.82, 2.24) is 4.98 Å². The second-order valence-electron chi connectivity index (χ2n) is 8.28. The molecule has 7 heteroatoms. The number of benzene rings is 1. The molecule has 28 heavy (non-hydrogen) atoms. The highest BCUT2D eigenvalue weighted by atomic mass is 16.5. The van der Waals surface area contributed by atoms with E-state index < -0.39 is 28.5 Å². The number of carboxylic acids is 1. The summed E-state index contributed by atoms with van der Waals surface area (Å²) in [6.45, 7) is 10.7. The molecule has 3 N–H and O–H groups in total. The quantitative estimate of drug-likeness (QED) is 0.753. The monoisotopic (exact) mass is 384 g/mol. The zero-order chi connectivity index (χ0) is 20.9. The number of carbonyl (C=O) groups excluding carboxylic acids is 1. The molecular weight excluding hydrogens is 360 g/mol. The lowest BCUT2D eigenvalue weighted by Gasteiger charge is -2.42. The third-order valence-electron chi connectivity index (χ3n) is 5.17. The van der Waals surface area contributed by atoms with Gasteiger partial charge >= 0.3 is 5.97 Å². The molecule has 0 bridgehead atoms. The summed E-state index contributed by atoms with van der Waals surface area (Å²) < 4.78 is 6.02. The van der Waals surface area contributed by atoms with E-state index >= 15 is 0 Å². The Balaban J connectivity index is 1.97. The van der Waals surface area contributed by atoms with E-state index in [0.29, 0.717) is 12.3 Å². The number of hydrogen-bond acceptors (Lipinski definition) is 4. The summed E-state index contributed by atoms with van der Waals surface area (Å²) in [6.07, 6.45) is 1.03. The maximum atomic E-state index is 12.6. The maximum Gasteiger partial charge on any atom is 0.341 e. The Hall–Kier alpha value is -2.93. The van der Waals surface area contributed by atoms with Crippen molar-refractivity contribution in [2.24, 2.45) is 0 Å². The SMILES string of the molecule is Cc1cc2c(cc1NC(=O)c1cc(=O)c(C(=O)O)c[nH]1)C(C)(C)COC2(C)C. The molecule has 1 aliphatic heterocycles. The van der Waals surface area contributed by atoms with Crippen molar-refractivity contribution < 1.29 is 19.4 Å². The van der Waals surface area contributed by atoms with Gasteiger partial charge in [0.15, 0.2) is 5.43 Å². The molecule has 0 saturated carbocycles. The van der Waals surface area contributed by atoms with E-state index in [1.54, 1.807) is 0 Å². The van der Waals surface area contributed by atoms with Crippen LogP contribution in [0.2, 0.25) is 0 Å². The summed E-state index contributed by atoms with van der Waals surface area (Å²) in [5, 5.41) is 11.8. The maximum absolute atomic E-state index is 12.6. The number of aromatic nitrogens is 1. The minimum absolute atomic E-state index is 0.00459. The number of carboxylic acid groups (broad SMARTS) is 1. The van der Waals surface area contributed by atoms with Crippen LogP contribution in [-0.4, -0.2) is 28.6 Å². The van der Waals surface area contributed by atoms with Gasteiger partial charge in [-0.25, -0.2) is 4.79 Å². The first kappa shape index (κ1) is 19.8. The first-order valence-corrected chi connectivity index (χ1v) is 8.99. The number of nitrogens with one attached hydrogen (secondary N) is 2. The number of aromatic amines is 1. The number of carbonyl (C=O) groups is 2. The van der Waals surface area contributed by atoms with Crippen molar-refractivity contribution in [2.45, 2.75) is 45.6 Å². The summed E-state index contributed by atoms with van der Waals surface area (Å²) >= 11 is 0. The van der Waals surface area contributed by atoms with Crippen molar-refractivity contribution >= 4 is 17.6 Å². The molecule has 0 aliphatic carbocycles. The predicted molar refractivity (Wildman–Crippen MR) is 105 cm³/mol. The average Bonchev–Trinajstić information content (AvgIpc) is 2.60. The van der Waals surface area contributed by atoms with Crippen LogP contribution in [0.25, 0.3) is 0 Å².